The summed E-state index contributed by atoms with van der Waals surface area (Å²) in [5.41, 5.74) is 7.97. The van der Waals surface area contributed by atoms with Crippen LogP contribution in [0.15, 0.2) is 48.7 Å². The Morgan fingerprint density at radius 1 is 1.24 bits per heavy atom. The van der Waals surface area contributed by atoms with Gasteiger partial charge in [-0.05, 0) is 36.8 Å². The smallest absolute Gasteiger partial charge is 0.233 e. The minimum atomic E-state index is -3.41. The number of nitrogens with one attached hydrogen (secondary N) is 1. The molecule has 6 heteroatoms. The average molecular weight is 305 g/mol. The number of hydrogen-bond donors (Lipinski definition) is 2. The van der Waals surface area contributed by atoms with Gasteiger partial charge in [0.25, 0.3) is 0 Å². The SMILES string of the molecule is CC(N)c1cccc(NS(=O)(=O)CCc2ccccn2)c1. The number of nitrogens with two attached hydrogens (primary N) is 1. The normalized spacial score (nSPS) is 12.9. The number of benzene rings is 1. The van der Waals surface area contributed by atoms with Gasteiger partial charge in [0.2, 0.25) is 10.0 Å². The van der Waals surface area contributed by atoms with Crippen LogP contribution in [0.5, 0.6) is 0 Å². The van der Waals surface area contributed by atoms with Crippen LogP contribution in [0.1, 0.15) is 24.2 Å². The third kappa shape index (κ3) is 4.84. The summed E-state index contributed by atoms with van der Waals surface area (Å²) in [5, 5.41) is 0. The fourth-order valence-electron chi connectivity index (χ4n) is 1.90. The molecule has 0 aliphatic heterocycles. The number of rotatable bonds is 6. The maximum atomic E-state index is 12.1. The van der Waals surface area contributed by atoms with Gasteiger partial charge in [-0.3, -0.25) is 9.71 Å². The maximum Gasteiger partial charge on any atom is 0.233 e. The fraction of sp³-hybridized carbons (Fsp3) is 0.267. The van der Waals surface area contributed by atoms with Gasteiger partial charge in [-0.2, -0.15) is 0 Å². The Bertz CT molecular complexity index is 685. The second-order valence-corrected chi connectivity index (χ2v) is 6.75. The highest BCUT2D eigenvalue weighted by Crippen LogP contribution is 2.17. The van der Waals surface area contributed by atoms with Crippen LogP contribution in [0.4, 0.5) is 5.69 Å². The zero-order valence-corrected chi connectivity index (χ0v) is 12.7. The molecule has 1 heterocycles. The van der Waals surface area contributed by atoms with E-state index in [0.29, 0.717) is 12.1 Å². The van der Waals surface area contributed by atoms with Gasteiger partial charge < -0.3 is 5.73 Å². The van der Waals surface area contributed by atoms with Crippen molar-refractivity contribution < 1.29 is 8.42 Å². The number of aromatic nitrogens is 1. The lowest BCUT2D eigenvalue weighted by molar-refractivity contribution is 0.600. The third-order valence-corrected chi connectivity index (χ3v) is 4.33. The van der Waals surface area contributed by atoms with Crippen molar-refractivity contribution in [3.63, 3.8) is 0 Å². The maximum absolute atomic E-state index is 12.1. The van der Waals surface area contributed by atoms with E-state index < -0.39 is 10.0 Å². The molecular formula is C15H19N3O2S. The van der Waals surface area contributed by atoms with Gasteiger partial charge in [-0.25, -0.2) is 8.42 Å². The van der Waals surface area contributed by atoms with Gasteiger partial charge in [0.15, 0.2) is 0 Å². The molecule has 1 unspecified atom stereocenters. The van der Waals surface area contributed by atoms with Crippen molar-refractivity contribution in [3.8, 4) is 0 Å². The molecule has 3 N–H and O–H groups in total. The first-order valence-corrected chi connectivity index (χ1v) is 8.37. The summed E-state index contributed by atoms with van der Waals surface area (Å²) in [6, 6.07) is 12.4. The van der Waals surface area contributed by atoms with Crippen molar-refractivity contribution in [1.29, 1.82) is 0 Å². The molecule has 0 saturated heterocycles. The Balaban J connectivity index is 2.02. The van der Waals surface area contributed by atoms with Crippen LogP contribution < -0.4 is 10.5 Å². The van der Waals surface area contributed by atoms with Gasteiger partial charge >= 0.3 is 0 Å². The van der Waals surface area contributed by atoms with Crippen LogP contribution >= 0.6 is 0 Å². The van der Waals surface area contributed by atoms with E-state index in [1.165, 1.54) is 0 Å². The van der Waals surface area contributed by atoms with Crippen LogP contribution in [0.3, 0.4) is 0 Å². The summed E-state index contributed by atoms with van der Waals surface area (Å²) in [5.74, 6) is -0.00752. The second kappa shape index (κ2) is 6.69. The summed E-state index contributed by atoms with van der Waals surface area (Å²) >= 11 is 0. The molecule has 0 saturated carbocycles. The Kier molecular flexibility index (Phi) is 4.93. The minimum absolute atomic E-state index is 0.00752. The van der Waals surface area contributed by atoms with Gasteiger partial charge in [-0.1, -0.05) is 18.2 Å². The molecule has 0 radical (unpaired) electrons. The predicted molar refractivity (Wildman–Crippen MR) is 84.4 cm³/mol. The molecule has 1 aromatic heterocycles. The number of pyridine rings is 1. The van der Waals surface area contributed by atoms with E-state index in [1.807, 2.05) is 25.1 Å². The fourth-order valence-corrected chi connectivity index (χ4v) is 2.97. The highest BCUT2D eigenvalue weighted by atomic mass is 32.2. The Hall–Kier alpha value is -1.92. The minimum Gasteiger partial charge on any atom is -0.324 e. The van der Waals surface area contributed by atoms with E-state index in [2.05, 4.69) is 9.71 Å². The van der Waals surface area contributed by atoms with Crippen molar-refractivity contribution >= 4 is 15.7 Å². The zero-order valence-electron chi connectivity index (χ0n) is 11.9. The molecule has 0 bridgehead atoms. The summed E-state index contributed by atoms with van der Waals surface area (Å²) in [6.45, 7) is 1.86. The summed E-state index contributed by atoms with van der Waals surface area (Å²) < 4.78 is 26.7. The molecule has 2 aromatic rings. The van der Waals surface area contributed by atoms with E-state index in [-0.39, 0.29) is 11.8 Å². The molecule has 0 aliphatic carbocycles. The number of aryl methyl sites for hydroxylation is 1. The van der Waals surface area contributed by atoms with Gasteiger partial charge in [-0.15, -0.1) is 0 Å². The van der Waals surface area contributed by atoms with Crippen molar-refractivity contribution in [3.05, 3.63) is 59.9 Å². The standard InChI is InChI=1S/C15H19N3O2S/c1-12(16)13-5-4-7-15(11-13)18-21(19,20)10-8-14-6-2-3-9-17-14/h2-7,9,11-12,18H,8,10,16H2,1H3. The lowest BCUT2D eigenvalue weighted by Gasteiger charge is -2.11. The molecule has 0 amide bonds. The quantitative estimate of drug-likeness (QED) is 0.855. The molecule has 0 fully saturated rings. The van der Waals surface area contributed by atoms with Crippen LogP contribution in [-0.2, 0) is 16.4 Å². The van der Waals surface area contributed by atoms with Crippen molar-refractivity contribution in [2.24, 2.45) is 5.73 Å². The molecule has 1 atom stereocenters. The van der Waals surface area contributed by atoms with E-state index in [9.17, 15) is 8.42 Å². The van der Waals surface area contributed by atoms with E-state index in [1.54, 1.807) is 30.5 Å². The lowest BCUT2D eigenvalue weighted by atomic mass is 10.1. The highest BCUT2D eigenvalue weighted by molar-refractivity contribution is 7.92. The summed E-state index contributed by atoms with van der Waals surface area (Å²) in [7, 11) is -3.41. The average Bonchev–Trinajstić information content (AvgIpc) is 2.46. The van der Waals surface area contributed by atoms with Gasteiger partial charge in [0.05, 0.1) is 5.75 Å². The first kappa shape index (κ1) is 15.5. The first-order valence-electron chi connectivity index (χ1n) is 6.72. The van der Waals surface area contributed by atoms with Crippen molar-refractivity contribution in [1.82, 2.24) is 4.98 Å². The molecule has 21 heavy (non-hydrogen) atoms. The molecular weight excluding hydrogens is 286 g/mol. The van der Waals surface area contributed by atoms with Gasteiger partial charge in [0.1, 0.15) is 0 Å². The molecule has 0 aliphatic rings. The van der Waals surface area contributed by atoms with Gasteiger partial charge in [0, 0.05) is 30.0 Å². The van der Waals surface area contributed by atoms with E-state index in [0.717, 1.165) is 11.3 Å². The lowest BCUT2D eigenvalue weighted by Crippen LogP contribution is -2.18. The molecule has 0 spiro atoms. The van der Waals surface area contributed by atoms with Crippen molar-refractivity contribution in [2.75, 3.05) is 10.5 Å². The number of sulfonamides is 1. The highest BCUT2D eigenvalue weighted by Gasteiger charge is 2.12. The number of nitrogens with zero attached hydrogens (tertiary/aromatic N) is 1. The summed E-state index contributed by atoms with van der Waals surface area (Å²) in [4.78, 5) is 4.12. The van der Waals surface area contributed by atoms with Crippen LogP contribution in [0.2, 0.25) is 0 Å². The Morgan fingerprint density at radius 2 is 2.05 bits per heavy atom. The van der Waals surface area contributed by atoms with Crippen molar-refractivity contribution in [2.45, 2.75) is 19.4 Å². The van der Waals surface area contributed by atoms with Crippen LogP contribution in [0.25, 0.3) is 0 Å². The van der Waals surface area contributed by atoms with E-state index in [4.69, 9.17) is 5.73 Å². The predicted octanol–water partition coefficient (Wildman–Crippen LogP) is 2.09. The zero-order chi connectivity index (χ0) is 15.3. The van der Waals surface area contributed by atoms with E-state index >= 15 is 0 Å². The van der Waals surface area contributed by atoms with Crippen LogP contribution in [-0.4, -0.2) is 19.2 Å². The molecule has 112 valence electrons. The molecule has 5 nitrogen and oxygen atoms in total. The topological polar surface area (TPSA) is 85.1 Å². The first-order chi connectivity index (χ1) is 9.96. The number of anilines is 1. The number of hydrogen-bond acceptors (Lipinski definition) is 4. The third-order valence-electron chi connectivity index (χ3n) is 3.04. The Labute approximate surface area is 125 Å². The van der Waals surface area contributed by atoms with Crippen LogP contribution in [0, 0.1) is 0 Å². The molecule has 1 aromatic carbocycles. The second-order valence-electron chi connectivity index (χ2n) is 4.91. The summed E-state index contributed by atoms with van der Waals surface area (Å²) in [6.07, 6.45) is 2.03. The Morgan fingerprint density at radius 3 is 2.71 bits per heavy atom. The largest absolute Gasteiger partial charge is 0.324 e. The molecule has 2 rings (SSSR count). The monoisotopic (exact) mass is 305 g/mol.